The van der Waals surface area contributed by atoms with Crippen LogP contribution in [0.1, 0.15) is 42.0 Å². The van der Waals surface area contributed by atoms with Crippen molar-refractivity contribution in [3.63, 3.8) is 0 Å². The molecule has 2 heterocycles. The van der Waals surface area contributed by atoms with Crippen molar-refractivity contribution < 1.29 is 4.79 Å². The molecule has 1 saturated heterocycles. The summed E-state index contributed by atoms with van der Waals surface area (Å²) in [7, 11) is 4.06. The van der Waals surface area contributed by atoms with Crippen LogP contribution in [0.3, 0.4) is 0 Å². The third-order valence-corrected chi connectivity index (χ3v) is 3.80. The van der Waals surface area contributed by atoms with Crippen molar-refractivity contribution in [2.24, 2.45) is 0 Å². The fraction of sp³-hybridized carbons (Fsp3) is 0.688. The van der Waals surface area contributed by atoms with E-state index in [4.69, 9.17) is 0 Å². The summed E-state index contributed by atoms with van der Waals surface area (Å²) in [6.07, 6.45) is 4.59. The molecule has 0 bridgehead atoms. The van der Waals surface area contributed by atoms with Crippen molar-refractivity contribution in [3.05, 3.63) is 17.6 Å². The van der Waals surface area contributed by atoms with Gasteiger partial charge in [0.25, 0.3) is 5.91 Å². The van der Waals surface area contributed by atoms with Gasteiger partial charge in [0.05, 0.1) is 0 Å². The number of hydrogen-bond acceptors (Lipinski definition) is 5. The lowest BCUT2D eigenvalue weighted by atomic mass is 10.1. The maximum Gasteiger partial charge on any atom is 0.270 e. The van der Waals surface area contributed by atoms with Gasteiger partial charge in [-0.3, -0.25) is 4.79 Å². The number of aromatic nitrogens is 2. The summed E-state index contributed by atoms with van der Waals surface area (Å²) in [6, 6.07) is 1.82. The number of carbonyl (C=O) groups excluding carboxylic acids is 1. The van der Waals surface area contributed by atoms with E-state index in [1.807, 2.05) is 27.1 Å². The first-order chi connectivity index (χ1) is 10.6. The van der Waals surface area contributed by atoms with E-state index in [0.29, 0.717) is 18.1 Å². The number of aryl methyl sites for hydroxylation is 1. The summed E-state index contributed by atoms with van der Waals surface area (Å²) in [5, 5.41) is 2.94. The largest absolute Gasteiger partial charge is 0.356 e. The van der Waals surface area contributed by atoms with Crippen LogP contribution in [-0.2, 0) is 0 Å². The Morgan fingerprint density at radius 2 is 2.00 bits per heavy atom. The predicted molar refractivity (Wildman–Crippen MR) is 88.3 cm³/mol. The van der Waals surface area contributed by atoms with Gasteiger partial charge in [0.2, 0.25) is 0 Å². The number of hydrogen-bond donors (Lipinski definition) is 1. The molecular formula is C16H27N5O. The lowest BCUT2D eigenvalue weighted by molar-refractivity contribution is 0.0947. The molecule has 0 aliphatic carbocycles. The quantitative estimate of drug-likeness (QED) is 0.806. The average Bonchev–Trinajstić information content (AvgIpc) is 2.51. The Balaban J connectivity index is 1.97. The average molecular weight is 305 g/mol. The van der Waals surface area contributed by atoms with Crippen molar-refractivity contribution in [1.29, 1.82) is 0 Å². The van der Waals surface area contributed by atoms with Crippen molar-refractivity contribution in [2.75, 3.05) is 45.2 Å². The number of nitrogens with zero attached hydrogens (tertiary/aromatic N) is 4. The summed E-state index contributed by atoms with van der Waals surface area (Å²) < 4.78 is 0. The molecule has 1 N–H and O–H groups in total. The van der Waals surface area contributed by atoms with Gasteiger partial charge in [-0.15, -0.1) is 0 Å². The van der Waals surface area contributed by atoms with Crippen LogP contribution >= 0.6 is 0 Å². The second kappa shape index (κ2) is 8.08. The number of piperidine rings is 1. The lowest BCUT2D eigenvalue weighted by Crippen LogP contribution is -2.32. The number of nitrogens with one attached hydrogen (secondary N) is 1. The Labute approximate surface area is 132 Å². The van der Waals surface area contributed by atoms with E-state index >= 15 is 0 Å². The molecule has 1 amide bonds. The highest BCUT2D eigenvalue weighted by Crippen LogP contribution is 2.18. The van der Waals surface area contributed by atoms with Crippen molar-refractivity contribution in [1.82, 2.24) is 20.2 Å². The Morgan fingerprint density at radius 1 is 1.27 bits per heavy atom. The van der Waals surface area contributed by atoms with Crippen molar-refractivity contribution in [3.8, 4) is 0 Å². The van der Waals surface area contributed by atoms with Crippen LogP contribution in [0, 0.1) is 6.92 Å². The second-order valence-corrected chi connectivity index (χ2v) is 6.12. The van der Waals surface area contributed by atoms with Gasteiger partial charge < -0.3 is 15.1 Å². The first kappa shape index (κ1) is 16.7. The summed E-state index contributed by atoms with van der Waals surface area (Å²) >= 11 is 0. The Bertz CT molecular complexity index is 497. The van der Waals surface area contributed by atoms with Crippen molar-refractivity contribution in [2.45, 2.75) is 32.6 Å². The number of rotatable bonds is 6. The molecule has 122 valence electrons. The van der Waals surface area contributed by atoms with Gasteiger partial charge in [0.15, 0.2) is 0 Å². The van der Waals surface area contributed by atoms with Crippen LogP contribution < -0.4 is 10.2 Å². The molecule has 6 nitrogen and oxygen atoms in total. The smallest absolute Gasteiger partial charge is 0.270 e. The summed E-state index contributed by atoms with van der Waals surface area (Å²) in [5.74, 6) is 1.43. The van der Waals surface area contributed by atoms with Gasteiger partial charge in [-0.25, -0.2) is 9.97 Å². The van der Waals surface area contributed by atoms with E-state index in [1.165, 1.54) is 19.3 Å². The van der Waals surface area contributed by atoms with Crippen LogP contribution in [0.15, 0.2) is 6.07 Å². The maximum atomic E-state index is 12.2. The zero-order valence-corrected chi connectivity index (χ0v) is 13.9. The van der Waals surface area contributed by atoms with E-state index in [0.717, 1.165) is 31.9 Å². The maximum absolute atomic E-state index is 12.2. The van der Waals surface area contributed by atoms with Crippen molar-refractivity contribution >= 4 is 11.7 Å². The molecule has 0 atom stereocenters. The van der Waals surface area contributed by atoms with E-state index in [9.17, 15) is 4.79 Å². The van der Waals surface area contributed by atoms with E-state index in [2.05, 4.69) is 25.1 Å². The second-order valence-electron chi connectivity index (χ2n) is 6.12. The molecule has 0 saturated carbocycles. The van der Waals surface area contributed by atoms with Gasteiger partial charge in [-0.1, -0.05) is 0 Å². The zero-order valence-electron chi connectivity index (χ0n) is 13.9. The molecule has 0 unspecified atom stereocenters. The molecular weight excluding hydrogens is 278 g/mol. The third kappa shape index (κ3) is 4.94. The first-order valence-corrected chi connectivity index (χ1v) is 8.10. The van der Waals surface area contributed by atoms with E-state index in [-0.39, 0.29) is 5.91 Å². The van der Waals surface area contributed by atoms with Crippen LogP contribution in [0.2, 0.25) is 0 Å². The van der Waals surface area contributed by atoms with Crippen LogP contribution in [0.5, 0.6) is 0 Å². The van der Waals surface area contributed by atoms with Gasteiger partial charge in [-0.2, -0.15) is 0 Å². The third-order valence-electron chi connectivity index (χ3n) is 3.80. The lowest BCUT2D eigenvalue weighted by Gasteiger charge is -2.28. The molecule has 0 radical (unpaired) electrons. The highest BCUT2D eigenvalue weighted by Gasteiger charge is 2.16. The van der Waals surface area contributed by atoms with E-state index < -0.39 is 0 Å². The molecule has 0 spiro atoms. The molecule has 1 aromatic heterocycles. The summed E-state index contributed by atoms with van der Waals surface area (Å²) in [4.78, 5) is 25.4. The normalized spacial score (nSPS) is 15.2. The Morgan fingerprint density at radius 3 is 2.68 bits per heavy atom. The summed E-state index contributed by atoms with van der Waals surface area (Å²) in [6.45, 7) is 5.50. The van der Waals surface area contributed by atoms with Crippen LogP contribution in [0.25, 0.3) is 0 Å². The molecule has 6 heteroatoms. The molecule has 1 aromatic rings. The fourth-order valence-corrected chi connectivity index (χ4v) is 2.64. The fourth-order valence-electron chi connectivity index (χ4n) is 2.64. The van der Waals surface area contributed by atoms with Gasteiger partial charge in [0, 0.05) is 25.7 Å². The van der Waals surface area contributed by atoms with Crippen LogP contribution in [0.4, 0.5) is 5.82 Å². The minimum atomic E-state index is -0.109. The standard InChI is InChI=1S/C16H27N5O/c1-13-18-14(16(22)17-8-7-9-20(2)3)12-15(19-13)21-10-5-4-6-11-21/h12H,4-11H2,1-3H3,(H,17,22). The Kier molecular flexibility index (Phi) is 6.12. The van der Waals surface area contributed by atoms with Gasteiger partial charge in [0.1, 0.15) is 17.3 Å². The highest BCUT2D eigenvalue weighted by molar-refractivity contribution is 5.92. The van der Waals surface area contributed by atoms with Gasteiger partial charge in [-0.05, 0) is 53.2 Å². The molecule has 0 aromatic carbocycles. The Hall–Kier alpha value is -1.69. The minimum absolute atomic E-state index is 0.109. The molecule has 1 aliphatic rings. The highest BCUT2D eigenvalue weighted by atomic mass is 16.1. The SMILES string of the molecule is Cc1nc(C(=O)NCCCN(C)C)cc(N2CCCCC2)n1. The zero-order chi connectivity index (χ0) is 15.9. The van der Waals surface area contributed by atoms with E-state index in [1.54, 1.807) is 0 Å². The minimum Gasteiger partial charge on any atom is -0.356 e. The first-order valence-electron chi connectivity index (χ1n) is 8.10. The number of anilines is 1. The topological polar surface area (TPSA) is 61.4 Å². The molecule has 1 fully saturated rings. The number of carbonyl (C=O) groups is 1. The van der Waals surface area contributed by atoms with Gasteiger partial charge >= 0.3 is 0 Å². The summed E-state index contributed by atoms with van der Waals surface area (Å²) in [5.41, 5.74) is 0.470. The molecule has 2 rings (SSSR count). The predicted octanol–water partition coefficient (Wildman–Crippen LogP) is 1.46. The van der Waals surface area contributed by atoms with Crippen LogP contribution in [-0.4, -0.2) is 61.0 Å². The number of amides is 1. The molecule has 22 heavy (non-hydrogen) atoms. The monoisotopic (exact) mass is 305 g/mol. The molecule has 1 aliphatic heterocycles.